The van der Waals surface area contributed by atoms with Crippen molar-refractivity contribution in [2.24, 2.45) is 5.41 Å². The van der Waals surface area contributed by atoms with Crippen LogP contribution in [-0.4, -0.2) is 42.1 Å². The Morgan fingerprint density at radius 3 is 2.50 bits per heavy atom. The molecule has 4 nitrogen and oxygen atoms in total. The van der Waals surface area contributed by atoms with E-state index in [-0.39, 0.29) is 11.3 Å². The van der Waals surface area contributed by atoms with Crippen LogP contribution in [0.25, 0.3) is 11.3 Å². The normalized spacial score (nSPS) is 15.6. The summed E-state index contributed by atoms with van der Waals surface area (Å²) in [7, 11) is 4.20. The summed E-state index contributed by atoms with van der Waals surface area (Å²) in [6.07, 6.45) is 2.83. The average molecular weight is 421 g/mol. The molecule has 1 aromatic heterocycles. The molecule has 1 aliphatic carbocycles. The SMILES string of the molecule is CN(C)CC(C)(C)CNc1ncc2c(n1)-c1ccccc1C(c1ccccc1Cl)C2. The van der Waals surface area contributed by atoms with Crippen LogP contribution in [0.5, 0.6) is 0 Å². The first-order valence-electron chi connectivity index (χ1n) is 10.4. The third-order valence-electron chi connectivity index (χ3n) is 5.63. The molecule has 0 saturated heterocycles. The fourth-order valence-electron chi connectivity index (χ4n) is 4.49. The van der Waals surface area contributed by atoms with Gasteiger partial charge in [-0.05, 0) is 48.7 Å². The highest BCUT2D eigenvalue weighted by Crippen LogP contribution is 2.43. The Balaban J connectivity index is 1.65. The number of benzene rings is 2. The average Bonchev–Trinajstić information content (AvgIpc) is 2.71. The maximum absolute atomic E-state index is 6.55. The highest BCUT2D eigenvalue weighted by atomic mass is 35.5. The van der Waals surface area contributed by atoms with Gasteiger partial charge in [0.05, 0.1) is 5.69 Å². The fourth-order valence-corrected chi connectivity index (χ4v) is 4.75. The van der Waals surface area contributed by atoms with Gasteiger partial charge in [-0.25, -0.2) is 9.97 Å². The monoisotopic (exact) mass is 420 g/mol. The molecule has 2 aromatic carbocycles. The molecule has 0 bridgehead atoms. The molecule has 1 atom stereocenters. The van der Waals surface area contributed by atoms with Crippen molar-refractivity contribution in [2.45, 2.75) is 26.2 Å². The number of hydrogen-bond donors (Lipinski definition) is 1. The van der Waals surface area contributed by atoms with Crippen molar-refractivity contribution < 1.29 is 0 Å². The third kappa shape index (κ3) is 4.35. The second kappa shape index (κ2) is 8.37. The van der Waals surface area contributed by atoms with Gasteiger partial charge >= 0.3 is 0 Å². The summed E-state index contributed by atoms with van der Waals surface area (Å²) in [5.41, 5.74) is 5.91. The molecule has 1 heterocycles. The van der Waals surface area contributed by atoms with Crippen molar-refractivity contribution in [3.05, 3.63) is 76.4 Å². The molecule has 3 aromatic rings. The summed E-state index contributed by atoms with van der Waals surface area (Å²) >= 11 is 6.55. The number of nitrogens with zero attached hydrogens (tertiary/aromatic N) is 3. The van der Waals surface area contributed by atoms with E-state index >= 15 is 0 Å². The van der Waals surface area contributed by atoms with Gasteiger partial charge in [0.1, 0.15) is 0 Å². The van der Waals surface area contributed by atoms with Gasteiger partial charge in [0.2, 0.25) is 5.95 Å². The van der Waals surface area contributed by atoms with E-state index < -0.39 is 0 Å². The second-order valence-corrected chi connectivity index (χ2v) is 9.60. The van der Waals surface area contributed by atoms with E-state index in [4.69, 9.17) is 16.6 Å². The zero-order chi connectivity index (χ0) is 21.3. The first-order chi connectivity index (χ1) is 14.3. The molecule has 0 saturated carbocycles. The molecule has 5 heteroatoms. The van der Waals surface area contributed by atoms with Crippen molar-refractivity contribution in [3.63, 3.8) is 0 Å². The molecule has 30 heavy (non-hydrogen) atoms. The highest BCUT2D eigenvalue weighted by molar-refractivity contribution is 6.31. The summed E-state index contributed by atoms with van der Waals surface area (Å²) in [6, 6.07) is 16.6. The number of aromatic nitrogens is 2. The Hall–Kier alpha value is -2.43. The Morgan fingerprint density at radius 1 is 1.07 bits per heavy atom. The van der Waals surface area contributed by atoms with Crippen LogP contribution in [0.3, 0.4) is 0 Å². The molecule has 0 spiro atoms. The van der Waals surface area contributed by atoms with E-state index in [1.54, 1.807) is 0 Å². The summed E-state index contributed by atoms with van der Waals surface area (Å²) in [4.78, 5) is 11.8. The van der Waals surface area contributed by atoms with E-state index in [0.717, 1.165) is 41.4 Å². The molecular formula is C25H29ClN4. The van der Waals surface area contributed by atoms with E-state index in [9.17, 15) is 0 Å². The molecule has 1 aliphatic rings. The molecule has 1 unspecified atom stereocenters. The summed E-state index contributed by atoms with van der Waals surface area (Å²) < 4.78 is 0. The van der Waals surface area contributed by atoms with Gasteiger partial charge in [0, 0.05) is 35.8 Å². The molecule has 0 aliphatic heterocycles. The molecule has 0 fully saturated rings. The summed E-state index contributed by atoms with van der Waals surface area (Å²) in [5, 5.41) is 4.26. The lowest BCUT2D eigenvalue weighted by Crippen LogP contribution is -2.34. The van der Waals surface area contributed by atoms with Crippen molar-refractivity contribution in [1.82, 2.24) is 14.9 Å². The Kier molecular flexibility index (Phi) is 5.81. The zero-order valence-electron chi connectivity index (χ0n) is 18.1. The van der Waals surface area contributed by atoms with Crippen molar-refractivity contribution in [3.8, 4) is 11.3 Å². The van der Waals surface area contributed by atoms with Gasteiger partial charge < -0.3 is 10.2 Å². The van der Waals surface area contributed by atoms with Gasteiger partial charge in [-0.3, -0.25) is 0 Å². The quantitative estimate of drug-likeness (QED) is 0.572. The molecule has 156 valence electrons. The van der Waals surface area contributed by atoms with Crippen LogP contribution in [0.4, 0.5) is 5.95 Å². The lowest BCUT2D eigenvalue weighted by Gasteiger charge is -2.29. The number of anilines is 1. The highest BCUT2D eigenvalue weighted by Gasteiger charge is 2.28. The van der Waals surface area contributed by atoms with Crippen LogP contribution in [-0.2, 0) is 6.42 Å². The third-order valence-corrected chi connectivity index (χ3v) is 5.97. The maximum atomic E-state index is 6.55. The lowest BCUT2D eigenvalue weighted by atomic mass is 9.78. The Labute approximate surface area is 184 Å². The van der Waals surface area contributed by atoms with E-state index in [1.807, 2.05) is 18.3 Å². The first-order valence-corrected chi connectivity index (χ1v) is 10.8. The molecule has 0 radical (unpaired) electrons. The van der Waals surface area contributed by atoms with E-state index in [1.165, 1.54) is 11.1 Å². The number of fused-ring (bicyclic) bond motifs is 3. The number of nitrogens with one attached hydrogen (secondary N) is 1. The number of halogens is 1. The maximum Gasteiger partial charge on any atom is 0.223 e. The van der Waals surface area contributed by atoms with Crippen LogP contribution in [0.2, 0.25) is 5.02 Å². The van der Waals surface area contributed by atoms with Crippen LogP contribution >= 0.6 is 11.6 Å². The standard InChI is InChI=1S/C25H29ClN4/c1-25(2,16-30(3)4)15-28-24-27-14-17-13-21(19-10-7-8-12-22(19)26)18-9-5-6-11-20(18)23(17)29-24/h5-12,14,21H,13,15-16H2,1-4H3,(H,27,28,29). The fraction of sp³-hybridized carbons (Fsp3) is 0.360. The minimum atomic E-state index is 0.121. The predicted octanol–water partition coefficient (Wildman–Crippen LogP) is 5.48. The van der Waals surface area contributed by atoms with Crippen molar-refractivity contribution in [1.29, 1.82) is 0 Å². The molecule has 0 amide bonds. The van der Waals surface area contributed by atoms with Crippen LogP contribution < -0.4 is 5.32 Å². The first kappa shape index (κ1) is 20.8. The van der Waals surface area contributed by atoms with Gasteiger partial charge in [-0.15, -0.1) is 0 Å². The van der Waals surface area contributed by atoms with Gasteiger partial charge in [-0.2, -0.15) is 0 Å². The van der Waals surface area contributed by atoms with Crippen LogP contribution in [0.1, 0.15) is 36.5 Å². The van der Waals surface area contributed by atoms with E-state index in [2.05, 4.69) is 79.5 Å². The Morgan fingerprint density at radius 2 is 1.77 bits per heavy atom. The topological polar surface area (TPSA) is 41.0 Å². The summed E-state index contributed by atoms with van der Waals surface area (Å²) in [5.74, 6) is 0.899. The minimum Gasteiger partial charge on any atom is -0.354 e. The van der Waals surface area contributed by atoms with Crippen molar-refractivity contribution >= 4 is 17.5 Å². The zero-order valence-corrected chi connectivity index (χ0v) is 18.9. The molecule has 1 N–H and O–H groups in total. The van der Waals surface area contributed by atoms with Crippen molar-refractivity contribution in [2.75, 3.05) is 32.5 Å². The predicted molar refractivity (Wildman–Crippen MR) is 125 cm³/mol. The van der Waals surface area contributed by atoms with E-state index in [0.29, 0.717) is 5.95 Å². The lowest BCUT2D eigenvalue weighted by molar-refractivity contribution is 0.254. The van der Waals surface area contributed by atoms with Crippen LogP contribution in [0.15, 0.2) is 54.7 Å². The second-order valence-electron chi connectivity index (χ2n) is 9.19. The Bertz CT molecular complexity index is 1040. The minimum absolute atomic E-state index is 0.121. The molecule has 4 rings (SSSR count). The van der Waals surface area contributed by atoms with Gasteiger partial charge in [0.15, 0.2) is 0 Å². The summed E-state index contributed by atoms with van der Waals surface area (Å²) in [6.45, 7) is 6.31. The van der Waals surface area contributed by atoms with Gasteiger partial charge in [0.25, 0.3) is 0 Å². The number of rotatable bonds is 6. The number of hydrogen-bond acceptors (Lipinski definition) is 4. The molecular weight excluding hydrogens is 392 g/mol. The smallest absolute Gasteiger partial charge is 0.223 e. The largest absolute Gasteiger partial charge is 0.354 e. The van der Waals surface area contributed by atoms with Gasteiger partial charge in [-0.1, -0.05) is 67.9 Å². The van der Waals surface area contributed by atoms with Crippen LogP contribution in [0, 0.1) is 5.41 Å².